The molecule has 1 aromatic carbocycles. The van der Waals surface area contributed by atoms with Gasteiger partial charge in [-0.05, 0) is 31.9 Å². The van der Waals surface area contributed by atoms with Crippen LogP contribution in [-0.4, -0.2) is 49.2 Å². The molecule has 1 heterocycles. The van der Waals surface area contributed by atoms with E-state index in [1.54, 1.807) is 24.0 Å². The Morgan fingerprint density at radius 3 is 2.67 bits per heavy atom. The zero-order valence-electron chi connectivity index (χ0n) is 13.8. The molecule has 24 heavy (non-hydrogen) atoms. The molecule has 1 aliphatic rings. The van der Waals surface area contributed by atoms with E-state index < -0.39 is 5.82 Å². The molecule has 1 saturated heterocycles. The fourth-order valence-electron chi connectivity index (χ4n) is 2.54. The molecule has 0 saturated carbocycles. The van der Waals surface area contributed by atoms with Crippen LogP contribution in [0.15, 0.2) is 24.3 Å². The third kappa shape index (κ3) is 5.40. The fraction of sp³-hybridized carbons (Fsp3) is 0.529. The van der Waals surface area contributed by atoms with Gasteiger partial charge in [-0.1, -0.05) is 12.1 Å². The molecule has 0 spiro atoms. The lowest BCUT2D eigenvalue weighted by Gasteiger charge is -2.31. The van der Waals surface area contributed by atoms with E-state index in [0.29, 0.717) is 32.5 Å². The lowest BCUT2D eigenvalue weighted by atomic mass is 10.1. The summed E-state index contributed by atoms with van der Waals surface area (Å²) in [6.07, 6.45) is 1.24. The molecule has 2 amide bonds. The van der Waals surface area contributed by atoms with Gasteiger partial charge in [0.05, 0.1) is 19.6 Å². The number of halogens is 1. The van der Waals surface area contributed by atoms with Crippen molar-refractivity contribution in [2.45, 2.75) is 32.2 Å². The maximum atomic E-state index is 13.4. The molecule has 1 aromatic rings. The molecule has 1 aliphatic heterocycles. The number of hydrogen-bond donors (Lipinski definition) is 1. The van der Waals surface area contributed by atoms with E-state index in [1.807, 2.05) is 0 Å². The van der Waals surface area contributed by atoms with Crippen molar-refractivity contribution < 1.29 is 23.5 Å². The monoisotopic (exact) mass is 338 g/mol. The number of piperidine rings is 1. The van der Waals surface area contributed by atoms with Crippen molar-refractivity contribution in [2.24, 2.45) is 0 Å². The Bertz CT molecular complexity index is 559. The molecule has 1 fully saturated rings. The third-order valence-electron chi connectivity index (χ3n) is 3.81. The van der Waals surface area contributed by atoms with Crippen LogP contribution in [0.1, 0.15) is 26.2 Å². The summed E-state index contributed by atoms with van der Waals surface area (Å²) in [5, 5.41) is 2.92. The summed E-state index contributed by atoms with van der Waals surface area (Å²) in [5.74, 6) is -0.432. The Morgan fingerprint density at radius 1 is 1.29 bits per heavy atom. The summed E-state index contributed by atoms with van der Waals surface area (Å²) in [6, 6.07) is 6.13. The second-order valence-electron chi connectivity index (χ2n) is 5.56. The summed E-state index contributed by atoms with van der Waals surface area (Å²) in [7, 11) is 0. The van der Waals surface area contributed by atoms with Crippen molar-refractivity contribution in [1.82, 2.24) is 10.2 Å². The van der Waals surface area contributed by atoms with E-state index >= 15 is 0 Å². The molecule has 2 rings (SSSR count). The first-order valence-corrected chi connectivity index (χ1v) is 8.18. The average molecular weight is 338 g/mol. The van der Waals surface area contributed by atoms with Crippen LogP contribution < -0.4 is 10.1 Å². The highest BCUT2D eigenvalue weighted by molar-refractivity contribution is 5.76. The van der Waals surface area contributed by atoms with E-state index in [4.69, 9.17) is 9.47 Å². The van der Waals surface area contributed by atoms with Crippen molar-refractivity contribution in [2.75, 3.05) is 26.3 Å². The van der Waals surface area contributed by atoms with E-state index in [2.05, 4.69) is 5.32 Å². The molecule has 1 N–H and O–H groups in total. The van der Waals surface area contributed by atoms with Crippen molar-refractivity contribution in [1.29, 1.82) is 0 Å². The Balaban J connectivity index is 1.65. The molecule has 0 atom stereocenters. The minimum absolute atomic E-state index is 0.0386. The van der Waals surface area contributed by atoms with Gasteiger partial charge in [-0.15, -0.1) is 0 Å². The first kappa shape index (κ1) is 18.0. The minimum atomic E-state index is -0.441. The lowest BCUT2D eigenvalue weighted by molar-refractivity contribution is -0.122. The second-order valence-corrected chi connectivity index (χ2v) is 5.56. The first-order valence-electron chi connectivity index (χ1n) is 8.18. The van der Waals surface area contributed by atoms with Crippen LogP contribution >= 0.6 is 0 Å². The van der Waals surface area contributed by atoms with Gasteiger partial charge < -0.3 is 19.7 Å². The molecule has 0 unspecified atom stereocenters. The van der Waals surface area contributed by atoms with Gasteiger partial charge in [0.2, 0.25) is 5.91 Å². The predicted molar refractivity (Wildman–Crippen MR) is 86.3 cm³/mol. The number of likely N-dealkylation sites (tertiary alicyclic amines) is 1. The third-order valence-corrected chi connectivity index (χ3v) is 3.81. The zero-order valence-corrected chi connectivity index (χ0v) is 13.8. The van der Waals surface area contributed by atoms with Crippen LogP contribution in [0, 0.1) is 5.82 Å². The zero-order chi connectivity index (χ0) is 17.4. The highest BCUT2D eigenvalue weighted by Gasteiger charge is 2.24. The van der Waals surface area contributed by atoms with Gasteiger partial charge in [-0.3, -0.25) is 4.79 Å². The molecule has 132 valence electrons. The van der Waals surface area contributed by atoms with Crippen LogP contribution in [0.2, 0.25) is 0 Å². The highest BCUT2D eigenvalue weighted by Crippen LogP contribution is 2.15. The number of amides is 2. The topological polar surface area (TPSA) is 67.9 Å². The van der Waals surface area contributed by atoms with Gasteiger partial charge in [0.1, 0.15) is 0 Å². The Labute approximate surface area is 140 Å². The maximum absolute atomic E-state index is 13.4. The SMILES string of the molecule is CCOC(=O)N1CCC(NC(=O)CCOc2ccccc2F)CC1. The molecule has 7 heteroatoms. The van der Waals surface area contributed by atoms with Gasteiger partial charge in [-0.2, -0.15) is 0 Å². The number of rotatable bonds is 6. The summed E-state index contributed by atoms with van der Waals surface area (Å²) >= 11 is 0. The normalized spacial score (nSPS) is 15.0. The summed E-state index contributed by atoms with van der Waals surface area (Å²) in [5.41, 5.74) is 0. The number of nitrogens with one attached hydrogen (secondary N) is 1. The molecular formula is C17H23FN2O4. The van der Waals surface area contributed by atoms with Crippen LogP contribution in [0.5, 0.6) is 5.75 Å². The Morgan fingerprint density at radius 2 is 2.00 bits per heavy atom. The van der Waals surface area contributed by atoms with Crippen molar-refractivity contribution in [3.05, 3.63) is 30.1 Å². The van der Waals surface area contributed by atoms with E-state index in [-0.39, 0.29) is 36.8 Å². The van der Waals surface area contributed by atoms with Crippen LogP contribution in [-0.2, 0) is 9.53 Å². The molecule has 0 aromatic heterocycles. The predicted octanol–water partition coefficient (Wildman–Crippen LogP) is 2.33. The number of benzene rings is 1. The van der Waals surface area contributed by atoms with E-state index in [0.717, 1.165) is 0 Å². The molecule has 0 aliphatic carbocycles. The summed E-state index contributed by atoms with van der Waals surface area (Å²) in [6.45, 7) is 3.38. The number of nitrogens with zero attached hydrogens (tertiary/aromatic N) is 1. The maximum Gasteiger partial charge on any atom is 0.409 e. The van der Waals surface area contributed by atoms with Gasteiger partial charge in [-0.25, -0.2) is 9.18 Å². The number of carbonyl (C=O) groups excluding carboxylic acids is 2. The van der Waals surface area contributed by atoms with Crippen LogP contribution in [0.4, 0.5) is 9.18 Å². The fourth-order valence-corrected chi connectivity index (χ4v) is 2.54. The summed E-state index contributed by atoms with van der Waals surface area (Å²) in [4.78, 5) is 25.2. The van der Waals surface area contributed by atoms with Crippen molar-refractivity contribution >= 4 is 12.0 Å². The van der Waals surface area contributed by atoms with Crippen LogP contribution in [0.25, 0.3) is 0 Å². The number of carbonyl (C=O) groups is 2. The number of hydrogen-bond acceptors (Lipinski definition) is 4. The summed E-state index contributed by atoms with van der Waals surface area (Å²) < 4.78 is 23.6. The molecular weight excluding hydrogens is 315 g/mol. The van der Waals surface area contributed by atoms with Crippen molar-refractivity contribution in [3.8, 4) is 5.75 Å². The number of para-hydroxylation sites is 1. The van der Waals surface area contributed by atoms with Gasteiger partial charge in [0, 0.05) is 19.1 Å². The van der Waals surface area contributed by atoms with E-state index in [1.165, 1.54) is 12.1 Å². The molecule has 0 radical (unpaired) electrons. The second kappa shape index (κ2) is 9.10. The van der Waals surface area contributed by atoms with E-state index in [9.17, 15) is 14.0 Å². The highest BCUT2D eigenvalue weighted by atomic mass is 19.1. The van der Waals surface area contributed by atoms with Crippen molar-refractivity contribution in [3.63, 3.8) is 0 Å². The quantitative estimate of drug-likeness (QED) is 0.864. The molecule has 0 bridgehead atoms. The first-order chi connectivity index (χ1) is 11.6. The Kier molecular flexibility index (Phi) is 6.84. The Hall–Kier alpha value is -2.31. The van der Waals surface area contributed by atoms with Gasteiger partial charge >= 0.3 is 6.09 Å². The van der Waals surface area contributed by atoms with Crippen LogP contribution in [0.3, 0.4) is 0 Å². The number of ether oxygens (including phenoxy) is 2. The lowest BCUT2D eigenvalue weighted by Crippen LogP contribution is -2.46. The smallest absolute Gasteiger partial charge is 0.409 e. The molecule has 6 nitrogen and oxygen atoms in total. The standard InChI is InChI=1S/C17H23FN2O4/c1-2-23-17(22)20-10-7-13(8-11-20)19-16(21)9-12-24-15-6-4-3-5-14(15)18/h3-6,13H,2,7-12H2,1H3,(H,19,21). The van der Waals surface area contributed by atoms with Gasteiger partial charge in [0.15, 0.2) is 11.6 Å². The largest absolute Gasteiger partial charge is 0.490 e. The van der Waals surface area contributed by atoms with Gasteiger partial charge in [0.25, 0.3) is 0 Å². The minimum Gasteiger partial charge on any atom is -0.490 e. The average Bonchev–Trinajstić information content (AvgIpc) is 2.57.